The minimum Gasteiger partial charge on any atom is -0.391 e. The zero-order valence-corrected chi connectivity index (χ0v) is 8.87. The zero-order valence-electron chi connectivity index (χ0n) is 7.28. The van der Waals surface area contributed by atoms with Crippen LogP contribution in [0.25, 0.3) is 0 Å². The number of nitrogens with zero attached hydrogens (tertiary/aromatic N) is 1. The molecule has 1 aromatic rings. The fourth-order valence-corrected chi connectivity index (χ4v) is 1.89. The van der Waals surface area contributed by atoms with Crippen molar-refractivity contribution < 1.29 is 5.11 Å². The minimum absolute atomic E-state index is 0.149. The Morgan fingerprint density at radius 1 is 1.31 bits per heavy atom. The minimum atomic E-state index is -0.149. The van der Waals surface area contributed by atoms with Gasteiger partial charge in [-0.2, -0.15) is 0 Å². The van der Waals surface area contributed by atoms with Gasteiger partial charge in [-0.25, -0.2) is 0 Å². The molecule has 13 heavy (non-hydrogen) atoms. The van der Waals surface area contributed by atoms with Crippen LogP contribution in [-0.4, -0.2) is 24.3 Å². The van der Waals surface area contributed by atoms with E-state index in [2.05, 4.69) is 33.0 Å². The molecular formula is C10H12BrNO. The zero-order chi connectivity index (χ0) is 9.26. The van der Waals surface area contributed by atoms with Crippen LogP contribution in [0.5, 0.6) is 0 Å². The lowest BCUT2D eigenvalue weighted by Gasteiger charge is -2.17. The predicted molar refractivity (Wildman–Crippen MR) is 57.0 cm³/mol. The Labute approximate surface area is 86.3 Å². The molecule has 1 fully saturated rings. The van der Waals surface area contributed by atoms with Gasteiger partial charge in [-0.05, 0) is 30.7 Å². The molecular weight excluding hydrogens is 230 g/mol. The summed E-state index contributed by atoms with van der Waals surface area (Å²) in [4.78, 5) is 2.21. The van der Waals surface area contributed by atoms with E-state index in [1.807, 2.05) is 12.1 Å². The maximum Gasteiger partial charge on any atom is 0.0731 e. The van der Waals surface area contributed by atoms with E-state index in [1.54, 1.807) is 0 Å². The van der Waals surface area contributed by atoms with E-state index in [0.29, 0.717) is 0 Å². The molecule has 2 nitrogen and oxygen atoms in total. The smallest absolute Gasteiger partial charge is 0.0731 e. The second-order valence-corrected chi connectivity index (χ2v) is 4.28. The van der Waals surface area contributed by atoms with Gasteiger partial charge in [0.1, 0.15) is 0 Å². The Morgan fingerprint density at radius 3 is 2.54 bits per heavy atom. The Kier molecular flexibility index (Phi) is 2.56. The summed E-state index contributed by atoms with van der Waals surface area (Å²) in [5.74, 6) is 0. The van der Waals surface area contributed by atoms with Crippen molar-refractivity contribution in [2.24, 2.45) is 0 Å². The number of hydrogen-bond acceptors (Lipinski definition) is 2. The number of aliphatic hydroxyl groups excluding tert-OH is 1. The monoisotopic (exact) mass is 241 g/mol. The highest BCUT2D eigenvalue weighted by Gasteiger charge is 2.19. The molecule has 1 atom stereocenters. The standard InChI is InChI=1S/C10H12BrNO/c11-8-1-3-9(4-2-8)12-6-5-10(13)7-12/h1-4,10,13H,5-7H2/t10-/m1/s1. The van der Waals surface area contributed by atoms with Crippen molar-refractivity contribution in [1.29, 1.82) is 0 Å². The summed E-state index contributed by atoms with van der Waals surface area (Å²) in [6.45, 7) is 1.73. The molecule has 3 heteroatoms. The first-order valence-corrected chi connectivity index (χ1v) is 5.23. The van der Waals surface area contributed by atoms with Gasteiger partial charge in [0.05, 0.1) is 6.10 Å². The van der Waals surface area contributed by atoms with Crippen LogP contribution < -0.4 is 4.90 Å². The third-order valence-corrected chi connectivity index (χ3v) is 2.88. The van der Waals surface area contributed by atoms with Crippen molar-refractivity contribution in [2.45, 2.75) is 12.5 Å². The van der Waals surface area contributed by atoms with Crippen LogP contribution in [0, 0.1) is 0 Å². The van der Waals surface area contributed by atoms with E-state index in [-0.39, 0.29) is 6.10 Å². The van der Waals surface area contributed by atoms with Crippen LogP contribution in [0.3, 0.4) is 0 Å². The number of β-amino-alcohol motifs (C(OH)–C–C–N with tert-alkyl or cyclic N) is 1. The summed E-state index contributed by atoms with van der Waals surface area (Å²) in [7, 11) is 0. The Bertz CT molecular complexity index is 285. The van der Waals surface area contributed by atoms with E-state index in [4.69, 9.17) is 0 Å². The van der Waals surface area contributed by atoms with Crippen LogP contribution in [0.1, 0.15) is 6.42 Å². The van der Waals surface area contributed by atoms with Crippen molar-refractivity contribution in [1.82, 2.24) is 0 Å². The molecule has 0 radical (unpaired) electrons. The molecule has 1 aliphatic rings. The van der Waals surface area contributed by atoms with Gasteiger partial charge in [0.25, 0.3) is 0 Å². The third kappa shape index (κ3) is 2.03. The van der Waals surface area contributed by atoms with Crippen LogP contribution >= 0.6 is 15.9 Å². The molecule has 0 bridgehead atoms. The van der Waals surface area contributed by atoms with Crippen molar-refractivity contribution in [2.75, 3.05) is 18.0 Å². The van der Waals surface area contributed by atoms with Gasteiger partial charge in [0, 0.05) is 23.2 Å². The first-order chi connectivity index (χ1) is 6.25. The van der Waals surface area contributed by atoms with Crippen LogP contribution in [-0.2, 0) is 0 Å². The van der Waals surface area contributed by atoms with Crippen LogP contribution in [0.15, 0.2) is 28.7 Å². The second-order valence-electron chi connectivity index (χ2n) is 3.36. The summed E-state index contributed by atoms with van der Waals surface area (Å²) < 4.78 is 1.09. The van der Waals surface area contributed by atoms with Crippen molar-refractivity contribution in [3.05, 3.63) is 28.7 Å². The number of benzene rings is 1. The van der Waals surface area contributed by atoms with Crippen LogP contribution in [0.2, 0.25) is 0 Å². The largest absolute Gasteiger partial charge is 0.391 e. The number of halogens is 1. The maximum absolute atomic E-state index is 9.36. The summed E-state index contributed by atoms with van der Waals surface area (Å²) in [6, 6.07) is 8.20. The number of anilines is 1. The fourth-order valence-electron chi connectivity index (χ4n) is 1.63. The van der Waals surface area contributed by atoms with Crippen LogP contribution in [0.4, 0.5) is 5.69 Å². The molecule has 70 valence electrons. The van der Waals surface area contributed by atoms with Gasteiger partial charge >= 0.3 is 0 Å². The first-order valence-electron chi connectivity index (χ1n) is 4.44. The van der Waals surface area contributed by atoms with Gasteiger partial charge in [0.2, 0.25) is 0 Å². The molecule has 1 aliphatic heterocycles. The molecule has 1 aromatic carbocycles. The molecule has 2 rings (SSSR count). The molecule has 0 aromatic heterocycles. The van der Waals surface area contributed by atoms with Gasteiger partial charge < -0.3 is 10.0 Å². The SMILES string of the molecule is O[C@@H]1CCN(c2ccc(Br)cc2)C1. The Hall–Kier alpha value is -0.540. The normalized spacial score (nSPS) is 22.3. The summed E-state index contributed by atoms with van der Waals surface area (Å²) in [6.07, 6.45) is 0.736. The van der Waals surface area contributed by atoms with Gasteiger partial charge in [-0.15, -0.1) is 0 Å². The molecule has 0 amide bonds. The lowest BCUT2D eigenvalue weighted by atomic mass is 10.3. The molecule has 1 N–H and O–H groups in total. The number of rotatable bonds is 1. The summed E-state index contributed by atoms with van der Waals surface area (Å²) in [5, 5.41) is 9.36. The lowest BCUT2D eigenvalue weighted by Crippen LogP contribution is -2.20. The average Bonchev–Trinajstić information content (AvgIpc) is 2.53. The topological polar surface area (TPSA) is 23.5 Å². The molecule has 0 spiro atoms. The molecule has 0 aliphatic carbocycles. The van der Waals surface area contributed by atoms with E-state index >= 15 is 0 Å². The third-order valence-electron chi connectivity index (χ3n) is 2.36. The highest BCUT2D eigenvalue weighted by molar-refractivity contribution is 9.10. The lowest BCUT2D eigenvalue weighted by molar-refractivity contribution is 0.198. The fraction of sp³-hybridized carbons (Fsp3) is 0.400. The quantitative estimate of drug-likeness (QED) is 0.814. The van der Waals surface area contributed by atoms with E-state index in [1.165, 1.54) is 5.69 Å². The molecule has 1 saturated heterocycles. The second kappa shape index (κ2) is 3.68. The van der Waals surface area contributed by atoms with Crippen molar-refractivity contribution in [3.63, 3.8) is 0 Å². The molecule has 0 unspecified atom stereocenters. The van der Waals surface area contributed by atoms with Gasteiger partial charge in [0.15, 0.2) is 0 Å². The van der Waals surface area contributed by atoms with E-state index in [9.17, 15) is 5.11 Å². The van der Waals surface area contributed by atoms with E-state index < -0.39 is 0 Å². The summed E-state index contributed by atoms with van der Waals surface area (Å²) >= 11 is 3.40. The van der Waals surface area contributed by atoms with Crippen molar-refractivity contribution in [3.8, 4) is 0 Å². The number of aliphatic hydroxyl groups is 1. The molecule has 1 heterocycles. The first kappa shape index (κ1) is 9.03. The van der Waals surface area contributed by atoms with E-state index in [0.717, 1.165) is 24.0 Å². The molecule has 0 saturated carbocycles. The summed E-state index contributed by atoms with van der Waals surface area (Å²) in [5.41, 5.74) is 1.19. The predicted octanol–water partition coefficient (Wildman–Crippen LogP) is 2.02. The Morgan fingerprint density at radius 2 is 2.00 bits per heavy atom. The average molecular weight is 242 g/mol. The van der Waals surface area contributed by atoms with Crippen molar-refractivity contribution >= 4 is 21.6 Å². The highest BCUT2D eigenvalue weighted by atomic mass is 79.9. The highest BCUT2D eigenvalue weighted by Crippen LogP contribution is 2.22. The number of hydrogen-bond donors (Lipinski definition) is 1. The maximum atomic E-state index is 9.36. The van der Waals surface area contributed by atoms with Gasteiger partial charge in [-0.1, -0.05) is 15.9 Å². The Balaban J connectivity index is 2.13. The van der Waals surface area contributed by atoms with Gasteiger partial charge in [-0.3, -0.25) is 0 Å².